The highest BCUT2D eigenvalue weighted by atomic mass is 79.9. The highest BCUT2D eigenvalue weighted by Crippen LogP contribution is 2.14. The van der Waals surface area contributed by atoms with Gasteiger partial charge in [0.15, 0.2) is 5.65 Å². The molecule has 0 aliphatic heterocycles. The maximum atomic E-state index is 4.38. The summed E-state index contributed by atoms with van der Waals surface area (Å²) >= 11 is 3.38. The largest absolute Gasteiger partial charge is 0.339 e. The van der Waals surface area contributed by atoms with E-state index in [2.05, 4.69) is 43.1 Å². The van der Waals surface area contributed by atoms with Gasteiger partial charge in [-0.3, -0.25) is 0 Å². The molecule has 2 N–H and O–H groups in total. The smallest absolute Gasteiger partial charge is 0.177 e. The lowest BCUT2D eigenvalue weighted by atomic mass is 10.4. The van der Waals surface area contributed by atoms with E-state index in [4.69, 9.17) is 0 Å². The Kier molecular flexibility index (Phi) is 3.33. The van der Waals surface area contributed by atoms with Crippen molar-refractivity contribution >= 4 is 27.1 Å². The number of halogens is 1. The highest BCUT2D eigenvalue weighted by molar-refractivity contribution is 9.10. The first-order valence-corrected chi connectivity index (χ1v) is 5.79. The second-order valence-corrected chi connectivity index (χ2v) is 4.30. The molecule has 0 saturated heterocycles. The zero-order chi connectivity index (χ0) is 10.7. The summed E-state index contributed by atoms with van der Waals surface area (Å²) in [5, 5.41) is 3.29. The first kappa shape index (κ1) is 10.6. The Balaban J connectivity index is 2.16. The van der Waals surface area contributed by atoms with E-state index >= 15 is 0 Å². The fraction of sp³-hybridized carbons (Fsp3) is 0.400. The van der Waals surface area contributed by atoms with Crippen molar-refractivity contribution in [2.45, 2.75) is 19.9 Å². The number of imidazole rings is 1. The lowest BCUT2D eigenvalue weighted by Gasteiger charge is -1.97. The third-order valence-electron chi connectivity index (χ3n) is 2.07. The molecule has 0 fully saturated rings. The molecule has 80 valence electrons. The van der Waals surface area contributed by atoms with Gasteiger partial charge < -0.3 is 10.3 Å². The molecule has 0 aromatic carbocycles. The van der Waals surface area contributed by atoms with Crippen molar-refractivity contribution in [2.24, 2.45) is 0 Å². The second kappa shape index (κ2) is 4.72. The minimum atomic E-state index is 0.766. The Labute approximate surface area is 96.6 Å². The SMILES string of the molecule is CCCNCc1nc2ncc(Br)cc2[nH]1. The molecule has 0 atom stereocenters. The van der Waals surface area contributed by atoms with Crippen LogP contribution in [0.25, 0.3) is 11.2 Å². The number of hydrogen-bond acceptors (Lipinski definition) is 3. The minimum absolute atomic E-state index is 0.766. The van der Waals surface area contributed by atoms with E-state index in [-0.39, 0.29) is 0 Å². The van der Waals surface area contributed by atoms with Crippen molar-refractivity contribution in [3.05, 3.63) is 22.6 Å². The predicted molar refractivity (Wildman–Crippen MR) is 63.6 cm³/mol. The molecule has 5 heteroatoms. The number of hydrogen-bond donors (Lipinski definition) is 2. The number of nitrogens with zero attached hydrogens (tertiary/aromatic N) is 2. The quantitative estimate of drug-likeness (QED) is 0.837. The molecule has 2 aromatic rings. The first-order chi connectivity index (χ1) is 7.29. The summed E-state index contributed by atoms with van der Waals surface area (Å²) in [6.07, 6.45) is 2.89. The average molecular weight is 269 g/mol. The fourth-order valence-corrected chi connectivity index (χ4v) is 1.72. The molecule has 0 amide bonds. The average Bonchev–Trinajstić information content (AvgIpc) is 2.60. The van der Waals surface area contributed by atoms with Crippen LogP contribution in [0.4, 0.5) is 0 Å². The summed E-state index contributed by atoms with van der Waals surface area (Å²) in [6.45, 7) is 3.92. The van der Waals surface area contributed by atoms with Crippen LogP contribution < -0.4 is 5.32 Å². The predicted octanol–water partition coefficient (Wildman–Crippen LogP) is 2.22. The van der Waals surface area contributed by atoms with Gasteiger partial charge in [0.25, 0.3) is 0 Å². The third kappa shape index (κ3) is 2.54. The van der Waals surface area contributed by atoms with Gasteiger partial charge >= 0.3 is 0 Å². The molecule has 2 heterocycles. The Hall–Kier alpha value is -0.940. The Morgan fingerprint density at radius 2 is 2.40 bits per heavy atom. The molecular weight excluding hydrogens is 256 g/mol. The van der Waals surface area contributed by atoms with Gasteiger partial charge in [0.05, 0.1) is 12.1 Å². The zero-order valence-electron chi connectivity index (χ0n) is 8.55. The first-order valence-electron chi connectivity index (χ1n) is 5.00. The summed E-state index contributed by atoms with van der Waals surface area (Å²) in [6, 6.07) is 1.98. The van der Waals surface area contributed by atoms with E-state index in [9.17, 15) is 0 Å². The van der Waals surface area contributed by atoms with E-state index in [1.54, 1.807) is 6.20 Å². The topological polar surface area (TPSA) is 53.6 Å². The Morgan fingerprint density at radius 3 is 3.20 bits per heavy atom. The van der Waals surface area contributed by atoms with Crippen molar-refractivity contribution < 1.29 is 0 Å². The van der Waals surface area contributed by atoms with Crippen LogP contribution >= 0.6 is 15.9 Å². The molecule has 0 spiro atoms. The van der Waals surface area contributed by atoms with Crippen LogP contribution in [0.3, 0.4) is 0 Å². The van der Waals surface area contributed by atoms with Crippen LogP contribution in [0.5, 0.6) is 0 Å². The van der Waals surface area contributed by atoms with Crippen LogP contribution in [0.1, 0.15) is 19.2 Å². The van der Waals surface area contributed by atoms with Crippen LogP contribution in [0, 0.1) is 0 Å². The van der Waals surface area contributed by atoms with Gasteiger partial charge in [-0.05, 0) is 35.0 Å². The van der Waals surface area contributed by atoms with Gasteiger partial charge in [-0.1, -0.05) is 6.92 Å². The van der Waals surface area contributed by atoms with Crippen molar-refractivity contribution in [3.63, 3.8) is 0 Å². The van der Waals surface area contributed by atoms with Crippen molar-refractivity contribution in [1.82, 2.24) is 20.3 Å². The van der Waals surface area contributed by atoms with Gasteiger partial charge in [-0.25, -0.2) is 9.97 Å². The molecule has 0 unspecified atom stereocenters. The minimum Gasteiger partial charge on any atom is -0.339 e. The van der Waals surface area contributed by atoms with E-state index in [0.717, 1.165) is 41.0 Å². The number of pyridine rings is 1. The molecule has 0 radical (unpaired) electrons. The molecule has 0 aliphatic carbocycles. The number of rotatable bonds is 4. The summed E-state index contributed by atoms with van der Waals surface area (Å²) in [5.41, 5.74) is 1.74. The molecule has 2 aromatic heterocycles. The molecule has 2 rings (SSSR count). The number of aromatic amines is 1. The van der Waals surface area contributed by atoms with Gasteiger partial charge in [0.1, 0.15) is 5.82 Å². The summed E-state index contributed by atoms with van der Waals surface area (Å²) in [7, 11) is 0. The van der Waals surface area contributed by atoms with Gasteiger partial charge in [0, 0.05) is 10.7 Å². The lowest BCUT2D eigenvalue weighted by Crippen LogP contribution is -2.14. The highest BCUT2D eigenvalue weighted by Gasteiger charge is 2.03. The lowest BCUT2D eigenvalue weighted by molar-refractivity contribution is 0.656. The molecule has 0 bridgehead atoms. The van der Waals surface area contributed by atoms with Crippen LogP contribution in [0.2, 0.25) is 0 Å². The van der Waals surface area contributed by atoms with Crippen LogP contribution in [-0.2, 0) is 6.54 Å². The van der Waals surface area contributed by atoms with Crippen molar-refractivity contribution in [2.75, 3.05) is 6.54 Å². The number of fused-ring (bicyclic) bond motifs is 1. The summed E-state index contributed by atoms with van der Waals surface area (Å²) in [5.74, 6) is 0.934. The van der Waals surface area contributed by atoms with E-state index < -0.39 is 0 Å². The summed E-state index contributed by atoms with van der Waals surface area (Å²) < 4.78 is 0.965. The van der Waals surface area contributed by atoms with E-state index in [1.807, 2.05) is 6.07 Å². The van der Waals surface area contributed by atoms with Crippen LogP contribution in [-0.4, -0.2) is 21.5 Å². The Bertz CT molecular complexity index is 452. The monoisotopic (exact) mass is 268 g/mol. The summed E-state index contributed by atoms with van der Waals surface area (Å²) in [4.78, 5) is 11.8. The van der Waals surface area contributed by atoms with Crippen molar-refractivity contribution in [1.29, 1.82) is 0 Å². The van der Waals surface area contributed by atoms with Crippen molar-refractivity contribution in [3.8, 4) is 0 Å². The van der Waals surface area contributed by atoms with E-state index in [1.165, 1.54) is 0 Å². The van der Waals surface area contributed by atoms with E-state index in [0.29, 0.717) is 0 Å². The zero-order valence-corrected chi connectivity index (χ0v) is 10.1. The van der Waals surface area contributed by atoms with Gasteiger partial charge in [-0.15, -0.1) is 0 Å². The second-order valence-electron chi connectivity index (χ2n) is 3.38. The normalized spacial score (nSPS) is 11.1. The molecular formula is C10H13BrN4. The molecule has 15 heavy (non-hydrogen) atoms. The third-order valence-corrected chi connectivity index (χ3v) is 2.51. The molecule has 0 aliphatic rings. The number of nitrogens with one attached hydrogen (secondary N) is 2. The molecule has 0 saturated carbocycles. The fourth-order valence-electron chi connectivity index (χ4n) is 1.39. The molecule has 4 nitrogen and oxygen atoms in total. The Morgan fingerprint density at radius 1 is 1.53 bits per heavy atom. The maximum absolute atomic E-state index is 4.38. The van der Waals surface area contributed by atoms with Gasteiger partial charge in [-0.2, -0.15) is 0 Å². The van der Waals surface area contributed by atoms with Crippen LogP contribution in [0.15, 0.2) is 16.7 Å². The van der Waals surface area contributed by atoms with Gasteiger partial charge in [0.2, 0.25) is 0 Å². The maximum Gasteiger partial charge on any atom is 0.177 e. The number of aromatic nitrogens is 3. The standard InChI is InChI=1S/C10H13BrN4/c1-2-3-12-6-9-14-8-4-7(11)5-13-10(8)15-9/h4-5,12H,2-3,6H2,1H3,(H,13,14,15). The number of H-pyrrole nitrogens is 1.